The number of rotatable bonds is 4. The van der Waals surface area contributed by atoms with Gasteiger partial charge in [-0.25, -0.2) is 0 Å². The lowest BCUT2D eigenvalue weighted by Crippen LogP contribution is -2.22. The predicted octanol–water partition coefficient (Wildman–Crippen LogP) is 1.40. The van der Waals surface area contributed by atoms with Gasteiger partial charge < -0.3 is 15.7 Å². The van der Waals surface area contributed by atoms with E-state index in [1.807, 2.05) is 18.2 Å². The summed E-state index contributed by atoms with van der Waals surface area (Å²) in [6.07, 6.45) is 3.58. The standard InChI is InChI=1S/C13H20N2O/c14-13-5-3-4-11(10-16)12(13)6-9-15-7-1-2-8-15/h3-5,16H,1-2,6-10,14H2. The Hall–Kier alpha value is -1.06. The van der Waals surface area contributed by atoms with Crippen LogP contribution >= 0.6 is 0 Å². The zero-order valence-corrected chi connectivity index (χ0v) is 9.65. The highest BCUT2D eigenvalue weighted by molar-refractivity contribution is 5.50. The van der Waals surface area contributed by atoms with Gasteiger partial charge in [-0.1, -0.05) is 12.1 Å². The van der Waals surface area contributed by atoms with Crippen LogP contribution in [-0.4, -0.2) is 29.6 Å². The first-order valence-corrected chi connectivity index (χ1v) is 6.00. The van der Waals surface area contributed by atoms with Gasteiger partial charge in [0, 0.05) is 12.2 Å². The second-order valence-corrected chi connectivity index (χ2v) is 4.44. The number of nitrogens with two attached hydrogens (primary N) is 1. The molecule has 0 unspecified atom stereocenters. The molecule has 3 heteroatoms. The smallest absolute Gasteiger partial charge is 0.0685 e. The molecule has 0 bridgehead atoms. The van der Waals surface area contributed by atoms with Crippen LogP contribution in [0, 0.1) is 0 Å². The molecule has 1 heterocycles. The first kappa shape index (κ1) is 11.4. The van der Waals surface area contributed by atoms with Crippen molar-refractivity contribution in [1.82, 2.24) is 4.90 Å². The number of hydrogen-bond donors (Lipinski definition) is 2. The summed E-state index contributed by atoms with van der Waals surface area (Å²) < 4.78 is 0. The van der Waals surface area contributed by atoms with Crippen LogP contribution in [0.15, 0.2) is 18.2 Å². The van der Waals surface area contributed by atoms with Crippen LogP contribution in [0.4, 0.5) is 5.69 Å². The summed E-state index contributed by atoms with van der Waals surface area (Å²) in [6, 6.07) is 5.77. The Morgan fingerprint density at radius 2 is 2.00 bits per heavy atom. The Bertz CT molecular complexity index is 346. The van der Waals surface area contributed by atoms with E-state index in [0.29, 0.717) is 0 Å². The molecule has 16 heavy (non-hydrogen) atoms. The van der Waals surface area contributed by atoms with Gasteiger partial charge >= 0.3 is 0 Å². The summed E-state index contributed by atoms with van der Waals surface area (Å²) in [4.78, 5) is 2.47. The van der Waals surface area contributed by atoms with Gasteiger partial charge in [-0.3, -0.25) is 0 Å². The van der Waals surface area contributed by atoms with Crippen molar-refractivity contribution >= 4 is 5.69 Å². The van der Waals surface area contributed by atoms with Crippen molar-refractivity contribution in [2.45, 2.75) is 25.9 Å². The Balaban J connectivity index is 2.01. The fourth-order valence-corrected chi connectivity index (χ4v) is 2.38. The minimum absolute atomic E-state index is 0.0837. The quantitative estimate of drug-likeness (QED) is 0.754. The Labute approximate surface area is 96.9 Å². The maximum atomic E-state index is 9.27. The van der Waals surface area contributed by atoms with Crippen molar-refractivity contribution in [3.05, 3.63) is 29.3 Å². The monoisotopic (exact) mass is 220 g/mol. The SMILES string of the molecule is Nc1cccc(CO)c1CCN1CCCC1. The normalized spacial score (nSPS) is 16.8. The summed E-state index contributed by atoms with van der Waals surface area (Å²) in [5.74, 6) is 0. The third-order valence-corrected chi connectivity index (χ3v) is 3.36. The van der Waals surface area contributed by atoms with Gasteiger partial charge in [0.15, 0.2) is 0 Å². The molecule has 1 saturated heterocycles. The van der Waals surface area contributed by atoms with E-state index in [0.717, 1.165) is 29.8 Å². The molecular formula is C13H20N2O. The molecule has 1 aromatic carbocycles. The van der Waals surface area contributed by atoms with Crippen LogP contribution in [0.5, 0.6) is 0 Å². The van der Waals surface area contributed by atoms with Gasteiger partial charge in [-0.2, -0.15) is 0 Å². The Kier molecular flexibility index (Phi) is 3.80. The minimum Gasteiger partial charge on any atom is -0.398 e. The maximum absolute atomic E-state index is 9.27. The van der Waals surface area contributed by atoms with Crippen molar-refractivity contribution in [2.75, 3.05) is 25.4 Å². The van der Waals surface area contributed by atoms with E-state index in [-0.39, 0.29) is 6.61 Å². The molecule has 0 aliphatic carbocycles. The molecule has 1 aliphatic rings. The molecule has 1 fully saturated rings. The van der Waals surface area contributed by atoms with Crippen molar-refractivity contribution in [2.24, 2.45) is 0 Å². The lowest BCUT2D eigenvalue weighted by molar-refractivity contribution is 0.279. The van der Waals surface area contributed by atoms with Gasteiger partial charge in [-0.05, 0) is 49.5 Å². The predicted molar refractivity (Wildman–Crippen MR) is 66.2 cm³/mol. The van der Waals surface area contributed by atoms with Gasteiger partial charge in [0.1, 0.15) is 0 Å². The molecule has 2 rings (SSSR count). The molecule has 0 aromatic heterocycles. The number of benzene rings is 1. The second-order valence-electron chi connectivity index (χ2n) is 4.44. The van der Waals surface area contributed by atoms with Gasteiger partial charge in [0.2, 0.25) is 0 Å². The number of likely N-dealkylation sites (tertiary alicyclic amines) is 1. The number of hydrogen-bond acceptors (Lipinski definition) is 3. The van der Waals surface area contributed by atoms with Crippen LogP contribution < -0.4 is 5.73 Å². The molecule has 0 saturated carbocycles. The lowest BCUT2D eigenvalue weighted by atomic mass is 10.0. The first-order chi connectivity index (χ1) is 7.81. The number of nitrogens with zero attached hydrogens (tertiary/aromatic N) is 1. The van der Waals surface area contributed by atoms with Crippen LogP contribution in [0.1, 0.15) is 24.0 Å². The molecule has 88 valence electrons. The molecule has 0 atom stereocenters. The van der Waals surface area contributed by atoms with E-state index in [1.165, 1.54) is 25.9 Å². The molecular weight excluding hydrogens is 200 g/mol. The minimum atomic E-state index is 0.0837. The molecule has 1 aromatic rings. The highest BCUT2D eigenvalue weighted by atomic mass is 16.3. The number of anilines is 1. The van der Waals surface area contributed by atoms with Crippen molar-refractivity contribution in [3.63, 3.8) is 0 Å². The first-order valence-electron chi connectivity index (χ1n) is 6.00. The molecule has 3 nitrogen and oxygen atoms in total. The molecule has 1 aliphatic heterocycles. The maximum Gasteiger partial charge on any atom is 0.0685 e. The van der Waals surface area contributed by atoms with E-state index in [1.54, 1.807) is 0 Å². The van der Waals surface area contributed by atoms with Crippen molar-refractivity contribution < 1.29 is 5.11 Å². The number of nitrogen functional groups attached to an aromatic ring is 1. The molecule has 0 amide bonds. The fourth-order valence-electron chi connectivity index (χ4n) is 2.38. The highest BCUT2D eigenvalue weighted by Gasteiger charge is 2.12. The van der Waals surface area contributed by atoms with E-state index in [2.05, 4.69) is 4.90 Å². The average Bonchev–Trinajstić information content (AvgIpc) is 2.80. The van der Waals surface area contributed by atoms with E-state index >= 15 is 0 Å². The van der Waals surface area contributed by atoms with E-state index < -0.39 is 0 Å². The highest BCUT2D eigenvalue weighted by Crippen LogP contribution is 2.19. The van der Waals surface area contributed by atoms with Crippen LogP contribution in [0.25, 0.3) is 0 Å². The third-order valence-electron chi connectivity index (χ3n) is 3.36. The van der Waals surface area contributed by atoms with Gasteiger partial charge in [-0.15, -0.1) is 0 Å². The summed E-state index contributed by atoms with van der Waals surface area (Å²) in [5, 5.41) is 9.27. The van der Waals surface area contributed by atoms with Gasteiger partial charge in [0.25, 0.3) is 0 Å². The molecule has 0 radical (unpaired) electrons. The summed E-state index contributed by atoms with van der Waals surface area (Å²) in [5.41, 5.74) is 8.86. The topological polar surface area (TPSA) is 49.5 Å². The zero-order valence-electron chi connectivity index (χ0n) is 9.65. The summed E-state index contributed by atoms with van der Waals surface area (Å²) in [7, 11) is 0. The van der Waals surface area contributed by atoms with Crippen LogP contribution in [-0.2, 0) is 13.0 Å². The van der Waals surface area contributed by atoms with Gasteiger partial charge in [0.05, 0.1) is 6.61 Å². The Morgan fingerprint density at radius 1 is 1.25 bits per heavy atom. The van der Waals surface area contributed by atoms with Crippen LogP contribution in [0.3, 0.4) is 0 Å². The number of aliphatic hydroxyl groups excluding tert-OH is 1. The summed E-state index contributed by atoms with van der Waals surface area (Å²) in [6.45, 7) is 3.56. The second kappa shape index (κ2) is 5.32. The third kappa shape index (κ3) is 2.54. The average molecular weight is 220 g/mol. The largest absolute Gasteiger partial charge is 0.398 e. The number of aliphatic hydroxyl groups is 1. The molecule has 3 N–H and O–H groups in total. The van der Waals surface area contributed by atoms with E-state index in [4.69, 9.17) is 5.73 Å². The Morgan fingerprint density at radius 3 is 2.69 bits per heavy atom. The fraction of sp³-hybridized carbons (Fsp3) is 0.538. The van der Waals surface area contributed by atoms with Crippen LogP contribution in [0.2, 0.25) is 0 Å². The van der Waals surface area contributed by atoms with Crippen molar-refractivity contribution in [3.8, 4) is 0 Å². The van der Waals surface area contributed by atoms with Crippen molar-refractivity contribution in [1.29, 1.82) is 0 Å². The summed E-state index contributed by atoms with van der Waals surface area (Å²) >= 11 is 0. The zero-order chi connectivity index (χ0) is 11.4. The van der Waals surface area contributed by atoms with E-state index in [9.17, 15) is 5.11 Å². The molecule has 0 spiro atoms. The lowest BCUT2D eigenvalue weighted by Gasteiger charge is -2.16.